The van der Waals surface area contributed by atoms with E-state index < -0.39 is 41.4 Å². The van der Waals surface area contributed by atoms with Crippen molar-refractivity contribution in [2.75, 3.05) is 37.9 Å². The highest BCUT2D eigenvalue weighted by Crippen LogP contribution is 2.39. The molecule has 0 saturated carbocycles. The SMILES string of the molecule is COc1ccc(C[C@@H](C(=O)O)N2CCCCC[C@@](CC(C)C)(N3C(=O)CN(Cc4ccc(NC(=O)Nc5ccccc5C)cc4)C3=O)C2=O)c(OC)c1. The number of carbonyl (C=O) groups excluding carboxylic acids is 4. The summed E-state index contributed by atoms with van der Waals surface area (Å²) in [6.45, 7) is 5.79. The van der Waals surface area contributed by atoms with Gasteiger partial charge in [-0.1, -0.05) is 63.1 Å². The predicted molar refractivity (Wildman–Crippen MR) is 200 cm³/mol. The van der Waals surface area contributed by atoms with Crippen molar-refractivity contribution in [3.63, 3.8) is 0 Å². The molecule has 0 spiro atoms. The summed E-state index contributed by atoms with van der Waals surface area (Å²) in [6, 6.07) is 17.2. The Balaban J connectivity index is 1.37. The van der Waals surface area contributed by atoms with Gasteiger partial charge in [0.05, 0.1) is 14.2 Å². The number of amides is 6. The number of imide groups is 1. The second-order valence-electron chi connectivity index (χ2n) is 14.1. The van der Waals surface area contributed by atoms with Crippen molar-refractivity contribution in [2.24, 2.45) is 5.92 Å². The first-order valence-electron chi connectivity index (χ1n) is 18.0. The number of carbonyl (C=O) groups is 5. The number of ether oxygens (including phenoxy) is 2. The number of hydrogen-bond acceptors (Lipinski definition) is 7. The number of nitrogens with zero attached hydrogens (tertiary/aromatic N) is 3. The average molecular weight is 728 g/mol. The van der Waals surface area contributed by atoms with Crippen molar-refractivity contribution in [3.05, 3.63) is 83.4 Å². The molecule has 2 heterocycles. The first kappa shape index (κ1) is 38.6. The van der Waals surface area contributed by atoms with E-state index in [1.54, 1.807) is 42.5 Å². The summed E-state index contributed by atoms with van der Waals surface area (Å²) in [4.78, 5) is 72.5. The van der Waals surface area contributed by atoms with Crippen molar-refractivity contribution in [1.82, 2.24) is 14.7 Å². The lowest BCUT2D eigenvalue weighted by molar-refractivity contribution is -0.159. The number of hydrogen-bond donors (Lipinski definition) is 3. The minimum atomic E-state index is -1.56. The first-order valence-corrected chi connectivity index (χ1v) is 18.0. The highest BCUT2D eigenvalue weighted by Gasteiger charge is 2.56. The second kappa shape index (κ2) is 16.8. The van der Waals surface area contributed by atoms with Crippen LogP contribution in [-0.4, -0.2) is 88.5 Å². The molecule has 2 aliphatic heterocycles. The van der Waals surface area contributed by atoms with Crippen LogP contribution in [0.1, 0.15) is 62.6 Å². The van der Waals surface area contributed by atoms with Crippen LogP contribution in [0.2, 0.25) is 0 Å². The van der Waals surface area contributed by atoms with Gasteiger partial charge in [0.2, 0.25) is 5.91 Å². The summed E-state index contributed by atoms with van der Waals surface area (Å²) >= 11 is 0. The number of rotatable bonds is 13. The molecule has 5 rings (SSSR count). The van der Waals surface area contributed by atoms with Crippen molar-refractivity contribution in [1.29, 1.82) is 0 Å². The minimum absolute atomic E-state index is 0.0432. The fourth-order valence-electron chi connectivity index (χ4n) is 7.38. The van der Waals surface area contributed by atoms with Gasteiger partial charge in [-0.15, -0.1) is 0 Å². The molecule has 3 N–H and O–H groups in total. The number of aryl methyl sites for hydroxylation is 1. The molecule has 282 valence electrons. The Morgan fingerprint density at radius 3 is 2.32 bits per heavy atom. The Hall–Kier alpha value is -5.59. The van der Waals surface area contributed by atoms with E-state index >= 15 is 0 Å². The van der Waals surface area contributed by atoms with Gasteiger partial charge in [-0.3, -0.25) is 9.59 Å². The Kier molecular flexibility index (Phi) is 12.3. The Labute approximate surface area is 310 Å². The number of anilines is 2. The van der Waals surface area contributed by atoms with Crippen molar-refractivity contribution >= 4 is 41.2 Å². The summed E-state index contributed by atoms with van der Waals surface area (Å²) in [5.74, 6) is -1.35. The monoisotopic (exact) mass is 727 g/mol. The maximum atomic E-state index is 15.0. The van der Waals surface area contributed by atoms with Gasteiger partial charge in [-0.25, -0.2) is 19.3 Å². The van der Waals surface area contributed by atoms with Gasteiger partial charge in [-0.2, -0.15) is 0 Å². The van der Waals surface area contributed by atoms with Crippen molar-refractivity contribution < 1.29 is 38.6 Å². The number of urea groups is 2. The highest BCUT2D eigenvalue weighted by molar-refractivity contribution is 6.07. The number of carboxylic acid groups (broad SMARTS) is 1. The summed E-state index contributed by atoms with van der Waals surface area (Å²) in [5.41, 5.74) is 1.91. The van der Waals surface area contributed by atoms with Gasteiger partial charge < -0.3 is 35.0 Å². The van der Waals surface area contributed by atoms with E-state index in [1.165, 1.54) is 24.0 Å². The highest BCUT2D eigenvalue weighted by atomic mass is 16.5. The van der Waals surface area contributed by atoms with E-state index in [9.17, 15) is 29.1 Å². The zero-order valence-electron chi connectivity index (χ0n) is 31.0. The number of methoxy groups -OCH3 is 2. The van der Waals surface area contributed by atoms with E-state index in [1.807, 2.05) is 45.0 Å². The third-order valence-electron chi connectivity index (χ3n) is 9.91. The quantitative estimate of drug-likeness (QED) is 0.173. The molecule has 13 heteroatoms. The standard InChI is InChI=1S/C40H49N5O8/c1-26(2)23-40(19-9-6-10-20-44(37(40)49)33(36(47)48)21-29-15-18-31(52-4)22-34(29)53-5)45-35(46)25-43(39(45)51)24-28-13-16-30(17-14-28)41-38(50)42-32-12-8-7-11-27(32)3/h7-8,11-18,22,26,33H,6,9-10,19-21,23-25H2,1-5H3,(H,47,48)(H2,41,42,50)/t33-,40-/m0/s1. The molecule has 2 atom stereocenters. The molecule has 0 radical (unpaired) electrons. The molecule has 2 fully saturated rings. The Bertz CT molecular complexity index is 1830. The summed E-state index contributed by atoms with van der Waals surface area (Å²) in [7, 11) is 3.00. The molecule has 13 nitrogen and oxygen atoms in total. The van der Waals surface area contributed by atoms with Crippen molar-refractivity contribution in [2.45, 2.75) is 77.4 Å². The normalized spacial score (nSPS) is 18.5. The van der Waals surface area contributed by atoms with Crippen LogP contribution in [0.25, 0.3) is 0 Å². The first-order chi connectivity index (χ1) is 25.4. The number of nitrogens with one attached hydrogen (secondary N) is 2. The largest absolute Gasteiger partial charge is 0.497 e. The average Bonchev–Trinajstić information content (AvgIpc) is 3.40. The third kappa shape index (κ3) is 8.73. The van der Waals surface area contributed by atoms with E-state index in [0.717, 1.165) is 16.0 Å². The van der Waals surface area contributed by atoms with Crippen LogP contribution < -0.4 is 20.1 Å². The predicted octanol–water partition coefficient (Wildman–Crippen LogP) is 6.30. The van der Waals surface area contributed by atoms with Gasteiger partial charge >= 0.3 is 18.0 Å². The topological polar surface area (TPSA) is 158 Å². The zero-order chi connectivity index (χ0) is 38.3. The van der Waals surface area contributed by atoms with Crippen LogP contribution in [0.4, 0.5) is 21.0 Å². The molecule has 0 aliphatic carbocycles. The van der Waals surface area contributed by atoms with Crippen LogP contribution in [0.3, 0.4) is 0 Å². The smallest absolute Gasteiger partial charge is 0.328 e. The Morgan fingerprint density at radius 2 is 1.66 bits per heavy atom. The maximum Gasteiger partial charge on any atom is 0.328 e. The number of likely N-dealkylation sites (tertiary alicyclic amines) is 1. The van der Waals surface area contributed by atoms with Gasteiger partial charge in [-0.05, 0) is 73.1 Å². The fraction of sp³-hybridized carbons (Fsp3) is 0.425. The fourth-order valence-corrected chi connectivity index (χ4v) is 7.38. The zero-order valence-corrected chi connectivity index (χ0v) is 31.0. The van der Waals surface area contributed by atoms with Gasteiger partial charge in [0.1, 0.15) is 29.6 Å². The lowest BCUT2D eigenvalue weighted by Gasteiger charge is -2.45. The molecule has 2 saturated heterocycles. The lowest BCUT2D eigenvalue weighted by atomic mass is 9.79. The van der Waals surface area contributed by atoms with Gasteiger partial charge in [0, 0.05) is 37.0 Å². The maximum absolute atomic E-state index is 15.0. The van der Waals surface area contributed by atoms with Crippen LogP contribution >= 0.6 is 0 Å². The van der Waals surface area contributed by atoms with Crippen LogP contribution in [0, 0.1) is 12.8 Å². The molecule has 0 aromatic heterocycles. The van der Waals surface area contributed by atoms with E-state index in [2.05, 4.69) is 10.6 Å². The molecule has 53 heavy (non-hydrogen) atoms. The molecule has 0 bridgehead atoms. The van der Waals surface area contributed by atoms with E-state index in [4.69, 9.17) is 9.47 Å². The molecule has 3 aromatic rings. The molecular weight excluding hydrogens is 678 g/mol. The number of aliphatic carboxylic acids is 1. The number of para-hydroxylation sites is 1. The minimum Gasteiger partial charge on any atom is -0.497 e. The summed E-state index contributed by atoms with van der Waals surface area (Å²) in [5, 5.41) is 16.2. The molecule has 0 unspecified atom stereocenters. The lowest BCUT2D eigenvalue weighted by Crippen LogP contribution is -2.65. The Morgan fingerprint density at radius 1 is 0.925 bits per heavy atom. The van der Waals surface area contributed by atoms with Crippen LogP contribution in [0.15, 0.2) is 66.7 Å². The van der Waals surface area contributed by atoms with E-state index in [-0.39, 0.29) is 44.8 Å². The van der Waals surface area contributed by atoms with E-state index in [0.29, 0.717) is 47.7 Å². The van der Waals surface area contributed by atoms with Crippen molar-refractivity contribution in [3.8, 4) is 11.5 Å². The summed E-state index contributed by atoms with van der Waals surface area (Å²) < 4.78 is 10.8. The van der Waals surface area contributed by atoms with Gasteiger partial charge in [0.15, 0.2) is 0 Å². The second-order valence-corrected chi connectivity index (χ2v) is 14.1. The third-order valence-corrected chi connectivity index (χ3v) is 9.91. The van der Waals surface area contributed by atoms with Crippen LogP contribution in [-0.2, 0) is 27.3 Å². The summed E-state index contributed by atoms with van der Waals surface area (Å²) in [6.07, 6.45) is 2.26. The van der Waals surface area contributed by atoms with Gasteiger partial charge in [0.25, 0.3) is 5.91 Å². The molecular formula is C40H49N5O8. The molecule has 2 aliphatic rings. The molecule has 3 aromatic carbocycles. The molecule has 6 amide bonds. The number of benzene rings is 3. The van der Waals surface area contributed by atoms with Crippen LogP contribution in [0.5, 0.6) is 11.5 Å². The number of carboxylic acids is 1.